The van der Waals surface area contributed by atoms with Gasteiger partial charge in [-0.2, -0.15) is 0 Å². The first kappa shape index (κ1) is 18.5. The highest BCUT2D eigenvalue weighted by Gasteiger charge is 2.20. The number of thiazole rings is 1. The lowest BCUT2D eigenvalue weighted by Crippen LogP contribution is -2.20. The Kier molecular flexibility index (Phi) is 3.78. The van der Waals surface area contributed by atoms with Crippen LogP contribution in [0.1, 0.15) is 21.5 Å². The van der Waals surface area contributed by atoms with E-state index in [1.54, 1.807) is 12.1 Å². The molecule has 6 aromatic rings. The Morgan fingerprint density at radius 3 is 2.70 bits per heavy atom. The number of anilines is 1. The van der Waals surface area contributed by atoms with Gasteiger partial charge in [-0.25, -0.2) is 9.78 Å². The molecular formula is C27H16N2O3S. The van der Waals surface area contributed by atoms with Crippen LogP contribution in [0.2, 0.25) is 0 Å². The highest BCUT2D eigenvalue weighted by molar-refractivity contribution is 7.22. The number of rotatable bonds is 2. The van der Waals surface area contributed by atoms with Crippen molar-refractivity contribution in [1.29, 1.82) is 0 Å². The molecule has 0 aliphatic heterocycles. The number of nitrogens with zero attached hydrogens (tertiary/aromatic N) is 1. The van der Waals surface area contributed by atoms with E-state index in [2.05, 4.69) is 29.6 Å². The molecule has 0 saturated carbocycles. The molecule has 0 saturated heterocycles. The molecule has 1 N–H and O–H groups in total. The van der Waals surface area contributed by atoms with Crippen LogP contribution < -0.4 is 10.9 Å². The zero-order valence-electron chi connectivity index (χ0n) is 17.3. The fourth-order valence-corrected chi connectivity index (χ4v) is 5.89. The van der Waals surface area contributed by atoms with E-state index in [9.17, 15) is 9.59 Å². The number of amides is 1. The molecule has 2 heterocycles. The van der Waals surface area contributed by atoms with Crippen molar-refractivity contribution in [3.05, 3.63) is 93.8 Å². The van der Waals surface area contributed by atoms with Gasteiger partial charge in [-0.1, -0.05) is 59.9 Å². The largest absolute Gasteiger partial charge is 0.422 e. The Morgan fingerprint density at radius 1 is 0.909 bits per heavy atom. The molecule has 0 spiro atoms. The molecule has 0 atom stereocenters. The van der Waals surface area contributed by atoms with Crippen LogP contribution in [0.15, 0.2) is 75.9 Å². The summed E-state index contributed by atoms with van der Waals surface area (Å²) in [6.45, 7) is 0. The smallest absolute Gasteiger partial charge is 0.349 e. The third kappa shape index (κ3) is 2.74. The lowest BCUT2D eigenvalue weighted by molar-refractivity contribution is 0.102. The van der Waals surface area contributed by atoms with Crippen molar-refractivity contribution in [1.82, 2.24) is 4.98 Å². The van der Waals surface area contributed by atoms with Crippen molar-refractivity contribution in [3.63, 3.8) is 0 Å². The van der Waals surface area contributed by atoms with Crippen LogP contribution in [0, 0.1) is 0 Å². The van der Waals surface area contributed by atoms with E-state index in [1.165, 1.54) is 27.8 Å². The summed E-state index contributed by atoms with van der Waals surface area (Å²) >= 11 is 1.42. The van der Waals surface area contributed by atoms with Gasteiger partial charge >= 0.3 is 5.63 Å². The predicted octanol–water partition coefficient (Wildman–Crippen LogP) is 6.06. The maximum absolute atomic E-state index is 13.1. The lowest BCUT2D eigenvalue weighted by Gasteiger charge is -2.05. The minimum atomic E-state index is -0.664. The summed E-state index contributed by atoms with van der Waals surface area (Å²) in [7, 11) is 0. The van der Waals surface area contributed by atoms with Gasteiger partial charge in [0.2, 0.25) is 0 Å². The molecule has 1 aliphatic carbocycles. The number of benzene rings is 4. The molecule has 158 valence electrons. The molecule has 0 bridgehead atoms. The number of nitrogens with one attached hydrogen (secondary N) is 1. The highest BCUT2D eigenvalue weighted by Crippen LogP contribution is 2.39. The van der Waals surface area contributed by atoms with Crippen LogP contribution in [-0.4, -0.2) is 10.9 Å². The van der Waals surface area contributed by atoms with E-state index in [4.69, 9.17) is 9.40 Å². The minimum absolute atomic E-state index is 0.0351. The van der Waals surface area contributed by atoms with Crippen LogP contribution in [-0.2, 0) is 12.8 Å². The van der Waals surface area contributed by atoms with Gasteiger partial charge in [-0.15, -0.1) is 0 Å². The zero-order valence-corrected chi connectivity index (χ0v) is 18.2. The fraction of sp³-hybridized carbons (Fsp3) is 0.0741. The summed E-state index contributed by atoms with van der Waals surface area (Å²) in [6, 6.07) is 21.6. The average Bonchev–Trinajstić information content (AvgIpc) is 3.43. The van der Waals surface area contributed by atoms with Gasteiger partial charge < -0.3 is 4.42 Å². The summed E-state index contributed by atoms with van der Waals surface area (Å²) < 4.78 is 6.51. The van der Waals surface area contributed by atoms with Gasteiger partial charge in [-0.05, 0) is 58.3 Å². The number of fused-ring (bicyclic) bond motifs is 5. The Bertz CT molecular complexity index is 1850. The van der Waals surface area contributed by atoms with E-state index in [1.807, 2.05) is 30.3 Å². The average molecular weight is 449 g/mol. The predicted molar refractivity (Wildman–Crippen MR) is 132 cm³/mol. The maximum atomic E-state index is 13.1. The van der Waals surface area contributed by atoms with Gasteiger partial charge in [0.05, 0.1) is 10.2 Å². The van der Waals surface area contributed by atoms with Crippen LogP contribution in [0.4, 0.5) is 5.13 Å². The lowest BCUT2D eigenvalue weighted by atomic mass is 10.0. The summed E-state index contributed by atoms with van der Waals surface area (Å²) in [6.07, 6.45) is 2.08. The van der Waals surface area contributed by atoms with E-state index in [-0.39, 0.29) is 5.56 Å². The van der Waals surface area contributed by atoms with Crippen molar-refractivity contribution in [2.75, 3.05) is 5.32 Å². The molecule has 2 aromatic heterocycles. The number of aryl methyl sites for hydroxylation is 2. The second kappa shape index (κ2) is 6.73. The monoisotopic (exact) mass is 448 g/mol. The summed E-state index contributed by atoms with van der Waals surface area (Å²) in [5.74, 6) is -0.519. The van der Waals surface area contributed by atoms with Crippen LogP contribution in [0.25, 0.3) is 42.7 Å². The van der Waals surface area contributed by atoms with Crippen LogP contribution in [0.5, 0.6) is 0 Å². The van der Waals surface area contributed by atoms with Crippen LogP contribution >= 0.6 is 11.3 Å². The molecule has 7 rings (SSSR count). The normalized spacial score (nSPS) is 12.8. The van der Waals surface area contributed by atoms with Crippen molar-refractivity contribution in [3.8, 4) is 0 Å². The number of hydrogen-bond donors (Lipinski definition) is 1. The van der Waals surface area contributed by atoms with Gasteiger partial charge in [0.25, 0.3) is 5.91 Å². The number of hydrogen-bond acceptors (Lipinski definition) is 5. The number of aromatic nitrogens is 1. The van der Waals surface area contributed by atoms with Gasteiger partial charge in [-0.3, -0.25) is 10.1 Å². The molecule has 5 nitrogen and oxygen atoms in total. The van der Waals surface area contributed by atoms with Crippen molar-refractivity contribution < 1.29 is 9.21 Å². The number of carbonyl (C=O) groups excluding carboxylic acids is 1. The van der Waals surface area contributed by atoms with Crippen molar-refractivity contribution in [2.45, 2.75) is 12.8 Å². The van der Waals surface area contributed by atoms with Crippen molar-refractivity contribution >= 4 is 65.1 Å². The van der Waals surface area contributed by atoms with Gasteiger partial charge in [0.15, 0.2) is 5.13 Å². The quantitative estimate of drug-likeness (QED) is 0.258. The molecular weight excluding hydrogens is 432 g/mol. The molecule has 33 heavy (non-hydrogen) atoms. The summed E-state index contributed by atoms with van der Waals surface area (Å²) in [4.78, 5) is 30.4. The molecule has 1 amide bonds. The Balaban J connectivity index is 1.33. The van der Waals surface area contributed by atoms with E-state index < -0.39 is 11.5 Å². The Morgan fingerprint density at radius 2 is 1.76 bits per heavy atom. The molecule has 0 radical (unpaired) electrons. The van der Waals surface area contributed by atoms with Crippen molar-refractivity contribution in [2.24, 2.45) is 0 Å². The second-order valence-corrected chi connectivity index (χ2v) is 9.37. The molecule has 4 aromatic carbocycles. The maximum Gasteiger partial charge on any atom is 0.349 e. The molecule has 1 aliphatic rings. The first-order valence-corrected chi connectivity index (χ1v) is 11.6. The second-order valence-electron chi connectivity index (χ2n) is 8.34. The van der Waals surface area contributed by atoms with E-state index >= 15 is 0 Å². The van der Waals surface area contributed by atoms with E-state index in [0.717, 1.165) is 44.6 Å². The third-order valence-electron chi connectivity index (χ3n) is 6.46. The molecule has 0 fully saturated rings. The van der Waals surface area contributed by atoms with Gasteiger partial charge in [0.1, 0.15) is 11.1 Å². The minimum Gasteiger partial charge on any atom is -0.422 e. The van der Waals surface area contributed by atoms with Gasteiger partial charge in [0, 0.05) is 10.8 Å². The fourth-order valence-electron chi connectivity index (χ4n) is 4.95. The molecule has 0 unspecified atom stereocenters. The summed E-state index contributed by atoms with van der Waals surface area (Å²) in [5, 5.41) is 8.37. The highest BCUT2D eigenvalue weighted by atomic mass is 32.1. The first-order chi connectivity index (χ1) is 16.2. The van der Waals surface area contributed by atoms with E-state index in [0.29, 0.717) is 10.7 Å². The summed E-state index contributed by atoms with van der Waals surface area (Å²) in [5.41, 5.74) is 3.32. The van der Waals surface area contributed by atoms with Crippen LogP contribution in [0.3, 0.4) is 0 Å². The Labute approximate surface area is 191 Å². The SMILES string of the molecule is O=C(Nc1nc2c(cc3c4c(cccc42)CC3)s1)c1cc2c(ccc3ccccc32)oc1=O. The Hall–Kier alpha value is -4.03. The first-order valence-electron chi connectivity index (χ1n) is 10.8. The topological polar surface area (TPSA) is 72.2 Å². The zero-order chi connectivity index (χ0) is 22.1. The number of carbonyl (C=O) groups is 1. The standard InChI is InChI=1S/C27H16N2O3S/c30-25(20-13-19-17-6-2-1-4-14(17)10-11-21(19)32-26(20)31)29-27-28-24-18-7-3-5-15-8-9-16(23(15)18)12-22(24)33-27/h1-7,10-13H,8-9H2,(H,28,29,30). The molecule has 6 heteroatoms. The third-order valence-corrected chi connectivity index (χ3v) is 7.37.